The van der Waals surface area contributed by atoms with Gasteiger partial charge in [0.05, 0.1) is 0 Å². The van der Waals surface area contributed by atoms with Crippen LogP contribution in [0.3, 0.4) is 0 Å². The summed E-state index contributed by atoms with van der Waals surface area (Å²) in [5.41, 5.74) is 5.69. The molecular formula is C29H20Cl2O. The van der Waals surface area contributed by atoms with Crippen molar-refractivity contribution in [3.05, 3.63) is 130 Å². The van der Waals surface area contributed by atoms with Crippen molar-refractivity contribution >= 4 is 41.1 Å². The standard InChI is InChI=1S/C29H20Cl2O/c30-28-15-7-5-13-26(28)24-11-3-1-9-21(24)17-19-23(32)20-18-22-10-2-4-12-25(22)27-14-6-8-16-29(27)31/h1-20H/b19-17+,20-18+. The average Bonchev–Trinajstić information content (AvgIpc) is 2.83. The molecule has 4 aromatic carbocycles. The van der Waals surface area contributed by atoms with E-state index in [0.717, 1.165) is 33.4 Å². The van der Waals surface area contributed by atoms with Crippen molar-refractivity contribution in [2.75, 3.05) is 0 Å². The van der Waals surface area contributed by atoms with Gasteiger partial charge < -0.3 is 0 Å². The van der Waals surface area contributed by atoms with Crippen molar-refractivity contribution in [3.63, 3.8) is 0 Å². The molecule has 0 saturated carbocycles. The van der Waals surface area contributed by atoms with Gasteiger partial charge in [0, 0.05) is 21.2 Å². The molecule has 1 nitrogen and oxygen atoms in total. The van der Waals surface area contributed by atoms with Crippen molar-refractivity contribution in [1.82, 2.24) is 0 Å². The minimum absolute atomic E-state index is 0.104. The van der Waals surface area contributed by atoms with Crippen molar-refractivity contribution in [3.8, 4) is 22.3 Å². The van der Waals surface area contributed by atoms with Gasteiger partial charge in [-0.15, -0.1) is 0 Å². The Labute approximate surface area is 198 Å². The van der Waals surface area contributed by atoms with E-state index in [2.05, 4.69) is 0 Å². The smallest absolute Gasteiger partial charge is 0.178 e. The van der Waals surface area contributed by atoms with E-state index in [-0.39, 0.29) is 5.78 Å². The number of benzene rings is 4. The van der Waals surface area contributed by atoms with Crippen LogP contribution in [0.25, 0.3) is 34.4 Å². The largest absolute Gasteiger partial charge is 0.290 e. The molecule has 0 saturated heterocycles. The fourth-order valence-electron chi connectivity index (χ4n) is 3.53. The number of ketones is 1. The molecule has 0 spiro atoms. The Morgan fingerprint density at radius 1 is 0.500 bits per heavy atom. The monoisotopic (exact) mass is 454 g/mol. The molecule has 4 aromatic rings. The van der Waals surface area contributed by atoms with Crippen molar-refractivity contribution in [2.24, 2.45) is 0 Å². The highest BCUT2D eigenvalue weighted by Crippen LogP contribution is 2.32. The van der Waals surface area contributed by atoms with E-state index in [0.29, 0.717) is 10.0 Å². The van der Waals surface area contributed by atoms with Gasteiger partial charge in [0.15, 0.2) is 5.78 Å². The zero-order valence-electron chi connectivity index (χ0n) is 17.2. The van der Waals surface area contributed by atoms with Crippen LogP contribution >= 0.6 is 23.2 Å². The lowest BCUT2D eigenvalue weighted by molar-refractivity contribution is -0.110. The second-order valence-electron chi connectivity index (χ2n) is 7.20. The maximum absolute atomic E-state index is 12.6. The van der Waals surface area contributed by atoms with Gasteiger partial charge in [-0.05, 0) is 46.5 Å². The molecule has 0 N–H and O–H groups in total. The number of hydrogen-bond donors (Lipinski definition) is 0. The first kappa shape index (κ1) is 21.8. The second kappa shape index (κ2) is 10.3. The summed E-state index contributed by atoms with van der Waals surface area (Å²) in [5, 5.41) is 1.35. The van der Waals surface area contributed by atoms with Crippen LogP contribution in [0.15, 0.2) is 109 Å². The topological polar surface area (TPSA) is 17.1 Å². The molecule has 0 unspecified atom stereocenters. The number of hydrogen-bond acceptors (Lipinski definition) is 1. The molecule has 32 heavy (non-hydrogen) atoms. The summed E-state index contributed by atoms with van der Waals surface area (Å²) < 4.78 is 0. The molecule has 3 heteroatoms. The molecular weight excluding hydrogens is 435 g/mol. The fourth-order valence-corrected chi connectivity index (χ4v) is 4.01. The maximum atomic E-state index is 12.6. The normalized spacial score (nSPS) is 11.3. The highest BCUT2D eigenvalue weighted by Gasteiger charge is 2.07. The Kier molecular flexibility index (Phi) is 7.01. The number of carbonyl (C=O) groups excluding carboxylic acids is 1. The van der Waals surface area contributed by atoms with E-state index in [1.54, 1.807) is 12.2 Å². The second-order valence-corrected chi connectivity index (χ2v) is 8.02. The van der Waals surface area contributed by atoms with E-state index in [4.69, 9.17) is 23.2 Å². The summed E-state index contributed by atoms with van der Waals surface area (Å²) in [6.45, 7) is 0. The summed E-state index contributed by atoms with van der Waals surface area (Å²) in [5.74, 6) is -0.104. The third-order valence-electron chi connectivity index (χ3n) is 5.10. The van der Waals surface area contributed by atoms with Gasteiger partial charge in [0.2, 0.25) is 0 Å². The van der Waals surface area contributed by atoms with Gasteiger partial charge in [-0.2, -0.15) is 0 Å². The van der Waals surface area contributed by atoms with Crippen LogP contribution in [-0.4, -0.2) is 5.78 Å². The van der Waals surface area contributed by atoms with Gasteiger partial charge in [-0.1, -0.05) is 120 Å². The van der Waals surface area contributed by atoms with E-state index in [9.17, 15) is 4.79 Å². The number of rotatable bonds is 6. The minimum atomic E-state index is -0.104. The first-order chi connectivity index (χ1) is 15.6. The van der Waals surface area contributed by atoms with Crippen LogP contribution in [-0.2, 0) is 4.79 Å². The molecule has 0 atom stereocenters. The summed E-state index contributed by atoms with van der Waals surface area (Å²) in [7, 11) is 0. The average molecular weight is 455 g/mol. The van der Waals surface area contributed by atoms with Crippen LogP contribution in [0.2, 0.25) is 10.0 Å². The highest BCUT2D eigenvalue weighted by atomic mass is 35.5. The Morgan fingerprint density at radius 3 is 1.25 bits per heavy atom. The number of halogens is 2. The Morgan fingerprint density at radius 2 is 0.844 bits per heavy atom. The first-order valence-electron chi connectivity index (χ1n) is 10.2. The zero-order valence-corrected chi connectivity index (χ0v) is 18.7. The Hall–Kier alpha value is -3.39. The zero-order chi connectivity index (χ0) is 22.3. The molecule has 0 bridgehead atoms. The van der Waals surface area contributed by atoms with Crippen molar-refractivity contribution < 1.29 is 4.79 Å². The van der Waals surface area contributed by atoms with Crippen LogP contribution in [0, 0.1) is 0 Å². The highest BCUT2D eigenvalue weighted by molar-refractivity contribution is 6.33. The van der Waals surface area contributed by atoms with Crippen molar-refractivity contribution in [2.45, 2.75) is 0 Å². The lowest BCUT2D eigenvalue weighted by atomic mass is 9.98. The molecule has 0 aliphatic rings. The number of carbonyl (C=O) groups is 1. The van der Waals surface area contributed by atoms with Gasteiger partial charge in [-0.25, -0.2) is 0 Å². The Balaban J connectivity index is 1.58. The third kappa shape index (κ3) is 5.08. The predicted molar refractivity (Wildman–Crippen MR) is 137 cm³/mol. The fraction of sp³-hybridized carbons (Fsp3) is 0. The molecule has 0 aliphatic heterocycles. The van der Waals surface area contributed by atoms with E-state index < -0.39 is 0 Å². The first-order valence-corrected chi connectivity index (χ1v) is 11.0. The SMILES string of the molecule is O=C(/C=C/c1ccccc1-c1ccccc1Cl)/C=C/c1ccccc1-c1ccccc1Cl. The quantitative estimate of drug-likeness (QED) is 0.266. The number of allylic oxidation sites excluding steroid dienone is 2. The summed E-state index contributed by atoms with van der Waals surface area (Å²) in [6, 6.07) is 31.1. The van der Waals surface area contributed by atoms with Gasteiger partial charge in [0.25, 0.3) is 0 Å². The summed E-state index contributed by atoms with van der Waals surface area (Å²) >= 11 is 12.8. The summed E-state index contributed by atoms with van der Waals surface area (Å²) in [6.07, 6.45) is 6.80. The van der Waals surface area contributed by atoms with Crippen LogP contribution in [0.1, 0.15) is 11.1 Å². The lowest BCUT2D eigenvalue weighted by Gasteiger charge is -2.08. The van der Waals surface area contributed by atoms with E-state index in [1.807, 2.05) is 109 Å². The summed E-state index contributed by atoms with van der Waals surface area (Å²) in [4.78, 5) is 12.6. The third-order valence-corrected chi connectivity index (χ3v) is 5.76. The van der Waals surface area contributed by atoms with E-state index in [1.165, 1.54) is 0 Å². The molecule has 0 fully saturated rings. The molecule has 0 radical (unpaired) electrons. The van der Waals surface area contributed by atoms with Crippen molar-refractivity contribution in [1.29, 1.82) is 0 Å². The molecule has 0 heterocycles. The maximum Gasteiger partial charge on any atom is 0.178 e. The van der Waals surface area contributed by atoms with E-state index >= 15 is 0 Å². The van der Waals surface area contributed by atoms with Crippen LogP contribution in [0.5, 0.6) is 0 Å². The molecule has 0 aromatic heterocycles. The van der Waals surface area contributed by atoms with Crippen LogP contribution in [0.4, 0.5) is 0 Å². The molecule has 156 valence electrons. The van der Waals surface area contributed by atoms with Gasteiger partial charge in [0.1, 0.15) is 0 Å². The molecule has 0 amide bonds. The van der Waals surface area contributed by atoms with Gasteiger partial charge >= 0.3 is 0 Å². The van der Waals surface area contributed by atoms with Gasteiger partial charge in [-0.3, -0.25) is 4.79 Å². The minimum Gasteiger partial charge on any atom is -0.290 e. The van der Waals surface area contributed by atoms with Crippen LogP contribution < -0.4 is 0 Å². The molecule has 0 aliphatic carbocycles. The molecule has 4 rings (SSSR count). The predicted octanol–water partition coefficient (Wildman–Crippen LogP) is 8.62. The Bertz CT molecular complexity index is 1220. The lowest BCUT2D eigenvalue weighted by Crippen LogP contribution is -1.89.